The zero-order valence-corrected chi connectivity index (χ0v) is 10.9. The summed E-state index contributed by atoms with van der Waals surface area (Å²) in [5.41, 5.74) is 8.06. The van der Waals surface area contributed by atoms with Crippen molar-refractivity contribution in [2.45, 2.75) is 38.1 Å². The zero-order valence-electron chi connectivity index (χ0n) is 10.9. The highest BCUT2D eigenvalue weighted by molar-refractivity contribution is 5.37. The predicted molar refractivity (Wildman–Crippen MR) is 70.9 cm³/mol. The van der Waals surface area contributed by atoms with Gasteiger partial charge in [0.05, 0.1) is 5.69 Å². The van der Waals surface area contributed by atoms with Gasteiger partial charge in [0.25, 0.3) is 5.56 Å². The Morgan fingerprint density at radius 3 is 2.94 bits per heavy atom. The number of fused-ring (bicyclic) bond motifs is 1. The number of nitrogens with two attached hydrogens (primary N) is 1. The first-order valence-corrected chi connectivity index (χ1v) is 6.76. The van der Waals surface area contributed by atoms with Gasteiger partial charge in [0.1, 0.15) is 0 Å². The lowest BCUT2D eigenvalue weighted by molar-refractivity contribution is 0.492. The highest BCUT2D eigenvalue weighted by atomic mass is 16.1. The number of anilines is 1. The van der Waals surface area contributed by atoms with Crippen LogP contribution in [0.15, 0.2) is 4.79 Å². The molecule has 1 aromatic heterocycles. The molecule has 1 saturated heterocycles. The van der Waals surface area contributed by atoms with Crippen LogP contribution in [0.1, 0.15) is 30.5 Å². The van der Waals surface area contributed by atoms with Gasteiger partial charge >= 0.3 is 0 Å². The first-order chi connectivity index (χ1) is 8.66. The van der Waals surface area contributed by atoms with Crippen LogP contribution in [-0.2, 0) is 19.9 Å². The van der Waals surface area contributed by atoms with E-state index in [0.717, 1.165) is 62.4 Å². The van der Waals surface area contributed by atoms with E-state index in [4.69, 9.17) is 10.7 Å². The Labute approximate surface area is 107 Å². The van der Waals surface area contributed by atoms with E-state index in [1.54, 1.807) is 4.57 Å². The molecule has 0 amide bonds. The van der Waals surface area contributed by atoms with Crippen LogP contribution in [0.3, 0.4) is 0 Å². The SMILES string of the molecule is Cn1c(N2CCC[C@@H](N)C2)nc2c(c1=O)CCC2. The molecule has 5 heteroatoms. The van der Waals surface area contributed by atoms with E-state index >= 15 is 0 Å². The summed E-state index contributed by atoms with van der Waals surface area (Å²) in [5.74, 6) is 0.802. The quantitative estimate of drug-likeness (QED) is 0.771. The molecule has 18 heavy (non-hydrogen) atoms. The van der Waals surface area contributed by atoms with E-state index < -0.39 is 0 Å². The Kier molecular flexibility index (Phi) is 2.86. The van der Waals surface area contributed by atoms with Crippen LogP contribution in [-0.4, -0.2) is 28.7 Å². The fourth-order valence-corrected chi connectivity index (χ4v) is 3.04. The maximum atomic E-state index is 12.3. The predicted octanol–water partition coefficient (Wildman–Crippen LogP) is 0.197. The van der Waals surface area contributed by atoms with Crippen molar-refractivity contribution in [2.75, 3.05) is 18.0 Å². The first-order valence-electron chi connectivity index (χ1n) is 6.76. The lowest BCUT2D eigenvalue weighted by atomic mass is 10.1. The first kappa shape index (κ1) is 11.7. The molecule has 1 aromatic rings. The summed E-state index contributed by atoms with van der Waals surface area (Å²) in [7, 11) is 1.82. The number of hydrogen-bond donors (Lipinski definition) is 1. The minimum absolute atomic E-state index is 0.131. The van der Waals surface area contributed by atoms with Crippen molar-refractivity contribution in [3.05, 3.63) is 21.6 Å². The number of hydrogen-bond acceptors (Lipinski definition) is 4. The minimum atomic E-state index is 0.131. The van der Waals surface area contributed by atoms with Crippen LogP contribution >= 0.6 is 0 Å². The van der Waals surface area contributed by atoms with Crippen molar-refractivity contribution in [2.24, 2.45) is 12.8 Å². The highest BCUT2D eigenvalue weighted by Crippen LogP contribution is 2.21. The lowest BCUT2D eigenvalue weighted by Crippen LogP contribution is -2.45. The van der Waals surface area contributed by atoms with E-state index in [9.17, 15) is 4.79 Å². The normalized spacial score (nSPS) is 23.2. The minimum Gasteiger partial charge on any atom is -0.341 e. The van der Waals surface area contributed by atoms with Crippen LogP contribution in [0.25, 0.3) is 0 Å². The molecular formula is C13H20N4O. The average molecular weight is 248 g/mol. The molecule has 0 aromatic carbocycles. The second-order valence-electron chi connectivity index (χ2n) is 5.40. The van der Waals surface area contributed by atoms with Gasteiger partial charge in [0, 0.05) is 31.7 Å². The van der Waals surface area contributed by atoms with Gasteiger partial charge in [0.15, 0.2) is 0 Å². The third-order valence-electron chi connectivity index (χ3n) is 4.03. The number of rotatable bonds is 1. The third-order valence-corrected chi connectivity index (χ3v) is 4.03. The largest absolute Gasteiger partial charge is 0.341 e. The van der Waals surface area contributed by atoms with Crippen LogP contribution < -0.4 is 16.2 Å². The van der Waals surface area contributed by atoms with Crippen molar-refractivity contribution in [3.8, 4) is 0 Å². The van der Waals surface area contributed by atoms with Gasteiger partial charge in [-0.15, -0.1) is 0 Å². The average Bonchev–Trinajstić information content (AvgIpc) is 2.82. The van der Waals surface area contributed by atoms with Crippen LogP contribution in [0.4, 0.5) is 5.95 Å². The van der Waals surface area contributed by atoms with E-state index in [2.05, 4.69) is 4.90 Å². The molecule has 0 saturated carbocycles. The third kappa shape index (κ3) is 1.82. The van der Waals surface area contributed by atoms with Crippen molar-refractivity contribution >= 4 is 5.95 Å². The molecular weight excluding hydrogens is 228 g/mol. The Morgan fingerprint density at radius 2 is 2.17 bits per heavy atom. The summed E-state index contributed by atoms with van der Waals surface area (Å²) in [6.07, 6.45) is 5.02. The zero-order chi connectivity index (χ0) is 12.7. The fourth-order valence-electron chi connectivity index (χ4n) is 3.04. The monoisotopic (exact) mass is 248 g/mol. The van der Waals surface area contributed by atoms with Gasteiger partial charge in [-0.1, -0.05) is 0 Å². The van der Waals surface area contributed by atoms with Gasteiger partial charge in [-0.25, -0.2) is 4.98 Å². The Bertz CT molecular complexity index is 522. The Balaban J connectivity index is 2.02. The fraction of sp³-hybridized carbons (Fsp3) is 0.692. The second kappa shape index (κ2) is 4.39. The molecule has 1 atom stereocenters. The molecule has 98 valence electrons. The summed E-state index contributed by atoms with van der Waals surface area (Å²) >= 11 is 0. The highest BCUT2D eigenvalue weighted by Gasteiger charge is 2.24. The standard InChI is InChI=1S/C13H20N4O/c1-16-12(18)10-5-2-6-11(10)15-13(16)17-7-3-4-9(14)8-17/h9H,2-8,14H2,1H3/t9-/m1/s1. The van der Waals surface area contributed by atoms with E-state index in [-0.39, 0.29) is 11.6 Å². The van der Waals surface area contributed by atoms with Crippen molar-refractivity contribution in [1.29, 1.82) is 0 Å². The molecule has 1 aliphatic heterocycles. The summed E-state index contributed by atoms with van der Waals surface area (Å²) in [4.78, 5) is 19.1. The number of nitrogens with zero attached hydrogens (tertiary/aromatic N) is 3. The van der Waals surface area contributed by atoms with E-state index in [1.807, 2.05) is 7.05 Å². The summed E-state index contributed by atoms with van der Waals surface area (Å²) in [6.45, 7) is 1.76. The van der Waals surface area contributed by atoms with Crippen LogP contribution in [0, 0.1) is 0 Å². The summed E-state index contributed by atoms with van der Waals surface area (Å²) in [6, 6.07) is 0.198. The lowest BCUT2D eigenvalue weighted by Gasteiger charge is -2.32. The topological polar surface area (TPSA) is 64.2 Å². The number of aryl methyl sites for hydroxylation is 1. The van der Waals surface area contributed by atoms with Gasteiger partial charge in [-0.05, 0) is 32.1 Å². The second-order valence-corrected chi connectivity index (χ2v) is 5.40. The molecule has 0 unspecified atom stereocenters. The van der Waals surface area contributed by atoms with Gasteiger partial charge in [-0.2, -0.15) is 0 Å². The molecule has 2 N–H and O–H groups in total. The number of piperidine rings is 1. The molecule has 0 spiro atoms. The van der Waals surface area contributed by atoms with Crippen LogP contribution in [0.5, 0.6) is 0 Å². The molecule has 1 aliphatic carbocycles. The maximum absolute atomic E-state index is 12.3. The van der Waals surface area contributed by atoms with E-state index in [1.165, 1.54) is 0 Å². The smallest absolute Gasteiger partial charge is 0.258 e. The van der Waals surface area contributed by atoms with E-state index in [0.29, 0.717) is 0 Å². The summed E-state index contributed by atoms with van der Waals surface area (Å²) in [5, 5.41) is 0. The molecule has 2 aliphatic rings. The van der Waals surface area contributed by atoms with Crippen molar-refractivity contribution in [1.82, 2.24) is 9.55 Å². The van der Waals surface area contributed by atoms with Gasteiger partial charge in [-0.3, -0.25) is 9.36 Å². The molecule has 0 radical (unpaired) electrons. The Hall–Kier alpha value is -1.36. The van der Waals surface area contributed by atoms with Gasteiger partial charge < -0.3 is 10.6 Å². The van der Waals surface area contributed by atoms with Crippen molar-refractivity contribution < 1.29 is 0 Å². The Morgan fingerprint density at radius 1 is 1.33 bits per heavy atom. The summed E-state index contributed by atoms with van der Waals surface area (Å²) < 4.78 is 1.70. The van der Waals surface area contributed by atoms with Crippen LogP contribution in [0.2, 0.25) is 0 Å². The molecule has 2 heterocycles. The number of aromatic nitrogens is 2. The maximum Gasteiger partial charge on any atom is 0.258 e. The van der Waals surface area contributed by atoms with Crippen molar-refractivity contribution in [3.63, 3.8) is 0 Å². The molecule has 1 fully saturated rings. The van der Waals surface area contributed by atoms with Gasteiger partial charge in [0.2, 0.25) is 5.95 Å². The molecule has 3 rings (SSSR count). The molecule has 0 bridgehead atoms. The molecule has 5 nitrogen and oxygen atoms in total.